The Balaban J connectivity index is 5.25. The number of carbonyl (C=O) groups excluding carboxylic acids is 4. The maximum Gasteiger partial charge on any atom is 0.472 e. The lowest BCUT2D eigenvalue weighted by atomic mass is 10.0. The van der Waals surface area contributed by atoms with Crippen molar-refractivity contribution in [1.82, 2.24) is 0 Å². The normalized spacial score (nSPS) is 14.1. The molecule has 0 aliphatic carbocycles. The monoisotopic (exact) mass is 1370 g/mol. The van der Waals surface area contributed by atoms with Gasteiger partial charge in [0.15, 0.2) is 12.2 Å². The van der Waals surface area contributed by atoms with Crippen molar-refractivity contribution in [3.63, 3.8) is 0 Å². The van der Waals surface area contributed by atoms with Crippen molar-refractivity contribution in [3.05, 3.63) is 0 Å². The number of aliphatic hydroxyl groups is 1. The maximum atomic E-state index is 13.1. The molecule has 0 aromatic carbocycles. The Bertz CT molecular complexity index is 1820. The van der Waals surface area contributed by atoms with E-state index in [2.05, 4.69) is 48.5 Å². The minimum Gasteiger partial charge on any atom is -0.462 e. The largest absolute Gasteiger partial charge is 0.472 e. The van der Waals surface area contributed by atoms with E-state index in [0.29, 0.717) is 25.7 Å². The van der Waals surface area contributed by atoms with Gasteiger partial charge in [-0.3, -0.25) is 37.3 Å². The van der Waals surface area contributed by atoms with Crippen LogP contribution in [0, 0.1) is 17.8 Å². The smallest absolute Gasteiger partial charge is 0.462 e. The van der Waals surface area contributed by atoms with Crippen LogP contribution in [0.25, 0.3) is 0 Å². The molecule has 552 valence electrons. The first-order valence-electron chi connectivity index (χ1n) is 38.3. The first-order chi connectivity index (χ1) is 44.7. The molecule has 0 radical (unpaired) electrons. The number of carbonyl (C=O) groups is 4. The second-order valence-electron chi connectivity index (χ2n) is 28.1. The number of esters is 4. The van der Waals surface area contributed by atoms with Crippen molar-refractivity contribution in [1.29, 1.82) is 0 Å². The molecule has 0 rings (SSSR count). The Kier molecular flexibility index (Phi) is 63.4. The van der Waals surface area contributed by atoms with Crippen LogP contribution in [0.1, 0.15) is 376 Å². The Morgan fingerprint density at radius 1 is 0.290 bits per heavy atom. The average molecular weight is 1370 g/mol. The first-order valence-corrected chi connectivity index (χ1v) is 41.3. The molecule has 3 N–H and O–H groups in total. The lowest BCUT2D eigenvalue weighted by molar-refractivity contribution is -0.161. The van der Waals surface area contributed by atoms with Gasteiger partial charge >= 0.3 is 39.5 Å². The topological polar surface area (TPSA) is 237 Å². The van der Waals surface area contributed by atoms with Crippen LogP contribution in [0.2, 0.25) is 0 Å². The second-order valence-corrected chi connectivity index (χ2v) is 31.0. The lowest BCUT2D eigenvalue weighted by Crippen LogP contribution is -2.30. The standard InChI is InChI=1S/C74H144O17P2/c1-8-9-10-11-12-13-14-15-16-19-22-25-34-41-48-55-71(76)84-61-69(90-73(78)57-50-43-36-26-23-20-17-18-21-24-31-38-45-52-65(2)3)63-88-92(80,81)86-59-68(75)60-87-93(82,83)89-64-70(91-74(79)58-51-44-37-30-28-33-40-47-54-67(6)7)62-85-72(77)56-49-42-35-29-27-32-39-46-53-66(4)5/h65-70,75H,8-64H2,1-7H3,(H,80,81)(H,82,83)/t68-,69-,70-/m1/s1. The number of ether oxygens (including phenoxy) is 4. The van der Waals surface area contributed by atoms with Crippen molar-refractivity contribution >= 4 is 39.5 Å². The van der Waals surface area contributed by atoms with Crippen LogP contribution in [-0.2, 0) is 65.4 Å². The van der Waals surface area contributed by atoms with E-state index >= 15 is 0 Å². The minimum absolute atomic E-state index is 0.104. The maximum absolute atomic E-state index is 13.1. The van der Waals surface area contributed by atoms with E-state index in [9.17, 15) is 43.2 Å². The Hall–Kier alpha value is -1.94. The van der Waals surface area contributed by atoms with Gasteiger partial charge in [0.2, 0.25) is 0 Å². The quantitative estimate of drug-likeness (QED) is 0.0222. The van der Waals surface area contributed by atoms with Crippen molar-refractivity contribution in [2.75, 3.05) is 39.6 Å². The molecule has 0 heterocycles. The van der Waals surface area contributed by atoms with E-state index < -0.39 is 97.5 Å². The molecule has 19 heteroatoms. The molecule has 0 saturated carbocycles. The predicted molar refractivity (Wildman–Crippen MR) is 377 cm³/mol. The van der Waals surface area contributed by atoms with Crippen LogP contribution in [0.5, 0.6) is 0 Å². The number of aliphatic hydroxyl groups excluding tert-OH is 1. The molecule has 0 saturated heterocycles. The summed E-state index contributed by atoms with van der Waals surface area (Å²) in [4.78, 5) is 72.7. The summed E-state index contributed by atoms with van der Waals surface area (Å²) in [5, 5.41) is 10.6. The third kappa shape index (κ3) is 68.4. The van der Waals surface area contributed by atoms with Gasteiger partial charge in [-0.25, -0.2) is 9.13 Å². The van der Waals surface area contributed by atoms with E-state index in [1.807, 2.05) is 0 Å². The molecule has 0 spiro atoms. The molecule has 0 aromatic rings. The molecule has 0 bridgehead atoms. The summed E-state index contributed by atoms with van der Waals surface area (Å²) in [5.74, 6) is 0.110. The van der Waals surface area contributed by atoms with Gasteiger partial charge in [-0.05, 0) is 43.4 Å². The highest BCUT2D eigenvalue weighted by Gasteiger charge is 2.30. The third-order valence-electron chi connectivity index (χ3n) is 17.1. The van der Waals surface area contributed by atoms with Crippen LogP contribution in [0.4, 0.5) is 0 Å². The molecule has 93 heavy (non-hydrogen) atoms. The predicted octanol–water partition coefficient (Wildman–Crippen LogP) is 21.4. The first kappa shape index (κ1) is 91.1. The van der Waals surface area contributed by atoms with Crippen LogP contribution in [0.3, 0.4) is 0 Å². The lowest BCUT2D eigenvalue weighted by Gasteiger charge is -2.21. The van der Waals surface area contributed by atoms with Crippen molar-refractivity contribution in [3.8, 4) is 0 Å². The SMILES string of the molecule is CCCCCCCCCCCCCCCCCC(=O)OC[C@H](COP(=O)(O)OC[C@@H](O)COP(=O)(O)OC[C@@H](COC(=O)CCCCCCCCCCC(C)C)OC(=O)CCCCCCCCCCC(C)C)OC(=O)CCCCCCCCCCCCCCCC(C)C. The summed E-state index contributed by atoms with van der Waals surface area (Å²) in [6.07, 6.45) is 50.0. The fourth-order valence-electron chi connectivity index (χ4n) is 11.2. The summed E-state index contributed by atoms with van der Waals surface area (Å²) in [5.41, 5.74) is 0. The molecule has 17 nitrogen and oxygen atoms in total. The number of rotatable bonds is 72. The van der Waals surface area contributed by atoms with Crippen LogP contribution >= 0.6 is 15.6 Å². The van der Waals surface area contributed by atoms with Gasteiger partial charge in [-0.1, -0.05) is 325 Å². The zero-order chi connectivity index (χ0) is 68.7. The highest BCUT2D eigenvalue weighted by molar-refractivity contribution is 7.47. The van der Waals surface area contributed by atoms with Gasteiger partial charge in [0.25, 0.3) is 0 Å². The number of phosphoric ester groups is 2. The molecular weight excluding hydrogens is 1220 g/mol. The van der Waals surface area contributed by atoms with E-state index in [0.717, 1.165) is 108 Å². The highest BCUT2D eigenvalue weighted by atomic mass is 31.2. The van der Waals surface area contributed by atoms with Crippen LogP contribution in [-0.4, -0.2) is 96.7 Å². The van der Waals surface area contributed by atoms with E-state index in [1.54, 1.807) is 0 Å². The fourth-order valence-corrected chi connectivity index (χ4v) is 12.8. The van der Waals surface area contributed by atoms with E-state index in [4.69, 9.17) is 37.0 Å². The number of hydrogen-bond donors (Lipinski definition) is 3. The van der Waals surface area contributed by atoms with Crippen molar-refractivity contribution < 1.29 is 80.2 Å². The van der Waals surface area contributed by atoms with Crippen LogP contribution in [0.15, 0.2) is 0 Å². The summed E-state index contributed by atoms with van der Waals surface area (Å²) >= 11 is 0. The number of unbranched alkanes of at least 4 members (excludes halogenated alkanes) is 40. The number of phosphoric acid groups is 2. The van der Waals surface area contributed by atoms with Gasteiger partial charge in [-0.15, -0.1) is 0 Å². The average Bonchev–Trinajstić information content (AvgIpc) is 2.20. The summed E-state index contributed by atoms with van der Waals surface area (Å²) in [7, 11) is -9.91. The van der Waals surface area contributed by atoms with Gasteiger partial charge in [-0.2, -0.15) is 0 Å². The molecule has 0 aliphatic heterocycles. The van der Waals surface area contributed by atoms with E-state index in [-0.39, 0.29) is 25.7 Å². The van der Waals surface area contributed by atoms with Crippen molar-refractivity contribution in [2.24, 2.45) is 17.8 Å². The summed E-state index contributed by atoms with van der Waals surface area (Å²) < 4.78 is 68.4. The molecule has 0 amide bonds. The molecular formula is C74H144O17P2. The summed E-state index contributed by atoms with van der Waals surface area (Å²) in [6.45, 7) is 11.8. The number of hydrogen-bond acceptors (Lipinski definition) is 15. The Labute approximate surface area is 568 Å². The summed E-state index contributed by atoms with van der Waals surface area (Å²) in [6, 6.07) is 0. The molecule has 0 aliphatic rings. The molecule has 0 fully saturated rings. The third-order valence-corrected chi connectivity index (χ3v) is 19.0. The second kappa shape index (κ2) is 64.7. The molecule has 2 unspecified atom stereocenters. The molecule has 0 aromatic heterocycles. The minimum atomic E-state index is -4.96. The molecule has 5 atom stereocenters. The Morgan fingerprint density at radius 2 is 0.495 bits per heavy atom. The van der Waals surface area contributed by atoms with Gasteiger partial charge in [0.05, 0.1) is 26.4 Å². The zero-order valence-electron chi connectivity index (χ0n) is 60.7. The van der Waals surface area contributed by atoms with Crippen molar-refractivity contribution in [2.45, 2.75) is 394 Å². The van der Waals surface area contributed by atoms with E-state index in [1.165, 1.54) is 186 Å². The zero-order valence-corrected chi connectivity index (χ0v) is 62.5. The Morgan fingerprint density at radius 3 is 0.731 bits per heavy atom. The van der Waals surface area contributed by atoms with Gasteiger partial charge in [0, 0.05) is 25.7 Å². The fraction of sp³-hybridized carbons (Fsp3) is 0.946. The highest BCUT2D eigenvalue weighted by Crippen LogP contribution is 2.45. The van der Waals surface area contributed by atoms with Crippen LogP contribution < -0.4 is 0 Å². The van der Waals surface area contributed by atoms with Gasteiger partial charge in [0.1, 0.15) is 19.3 Å². The van der Waals surface area contributed by atoms with Gasteiger partial charge < -0.3 is 33.8 Å².